The summed E-state index contributed by atoms with van der Waals surface area (Å²) in [4.78, 5) is 25.6. The van der Waals surface area contributed by atoms with Crippen LogP contribution in [0.5, 0.6) is 0 Å². The Kier molecular flexibility index (Phi) is 5.66. The third-order valence-corrected chi connectivity index (χ3v) is 5.03. The minimum Gasteiger partial charge on any atom is -0.394 e. The maximum absolute atomic E-state index is 13.6. The Morgan fingerprint density at radius 3 is 2.81 bits per heavy atom. The van der Waals surface area contributed by atoms with Crippen molar-refractivity contribution >= 4 is 22.9 Å². The first-order valence-corrected chi connectivity index (χ1v) is 9.29. The fraction of sp³-hybridized carbons (Fsp3) is 0.211. The van der Waals surface area contributed by atoms with Gasteiger partial charge in [-0.15, -0.1) is 11.3 Å². The highest BCUT2D eigenvalue weighted by molar-refractivity contribution is 7.13. The van der Waals surface area contributed by atoms with Gasteiger partial charge in [0, 0.05) is 6.54 Å². The zero-order valence-corrected chi connectivity index (χ0v) is 15.5. The van der Waals surface area contributed by atoms with Gasteiger partial charge in [-0.25, -0.2) is 9.07 Å². The average molecular weight is 386 g/mol. The summed E-state index contributed by atoms with van der Waals surface area (Å²) in [5.41, 5.74) is 6.38. The molecule has 1 aromatic carbocycles. The number of nitrogens with two attached hydrogens (primary N) is 1. The van der Waals surface area contributed by atoms with Gasteiger partial charge in [0.05, 0.1) is 4.88 Å². The Morgan fingerprint density at radius 2 is 2.11 bits per heavy atom. The largest absolute Gasteiger partial charge is 0.394 e. The molecule has 0 saturated heterocycles. The highest BCUT2D eigenvalue weighted by atomic mass is 32.1. The van der Waals surface area contributed by atoms with Crippen molar-refractivity contribution in [3.8, 4) is 10.6 Å². The maximum atomic E-state index is 13.6. The summed E-state index contributed by atoms with van der Waals surface area (Å²) < 4.78 is 14.7. The topological polar surface area (TPSA) is 90.0 Å². The first-order chi connectivity index (χ1) is 13.0. The van der Waals surface area contributed by atoms with E-state index in [1.165, 1.54) is 23.5 Å². The molecule has 8 heteroatoms. The molecule has 0 aliphatic heterocycles. The Morgan fingerprint density at radius 1 is 1.33 bits per heavy atom. The lowest BCUT2D eigenvalue weighted by molar-refractivity contribution is -0.124. The van der Waals surface area contributed by atoms with Gasteiger partial charge in [-0.1, -0.05) is 24.3 Å². The molecule has 6 nitrogen and oxygen atoms in total. The Labute approximate surface area is 159 Å². The van der Waals surface area contributed by atoms with Gasteiger partial charge in [0.2, 0.25) is 5.91 Å². The van der Waals surface area contributed by atoms with Crippen LogP contribution in [0.25, 0.3) is 10.6 Å². The number of nitrogen functional groups attached to an aromatic ring is 1. The number of rotatable bonds is 6. The minimum atomic E-state index is -0.847. The van der Waals surface area contributed by atoms with Crippen molar-refractivity contribution in [1.29, 1.82) is 0 Å². The maximum Gasteiger partial charge on any atom is 0.290 e. The Bertz CT molecular complexity index is 1000. The monoisotopic (exact) mass is 386 g/mol. The summed E-state index contributed by atoms with van der Waals surface area (Å²) in [7, 11) is 0. The second-order valence-corrected chi connectivity index (χ2v) is 6.97. The zero-order chi connectivity index (χ0) is 19.4. The lowest BCUT2D eigenvalue weighted by Gasteiger charge is -2.15. The summed E-state index contributed by atoms with van der Waals surface area (Å²) in [6.45, 7) is 1.82. The van der Waals surface area contributed by atoms with E-state index in [0.717, 1.165) is 9.56 Å². The quantitative estimate of drug-likeness (QED) is 0.681. The van der Waals surface area contributed by atoms with Gasteiger partial charge in [0.15, 0.2) is 0 Å². The molecule has 1 atom stereocenters. The number of carbonyl (C=O) groups excluding carboxylic acids is 1. The number of amides is 1. The molecule has 0 saturated carbocycles. The number of thiophene rings is 1. The molecule has 0 unspecified atom stereocenters. The second-order valence-electron chi connectivity index (χ2n) is 6.02. The van der Waals surface area contributed by atoms with Gasteiger partial charge < -0.3 is 11.1 Å². The summed E-state index contributed by atoms with van der Waals surface area (Å²) in [6.07, 6.45) is 0.352. The van der Waals surface area contributed by atoms with Crippen molar-refractivity contribution in [3.05, 3.63) is 69.6 Å². The summed E-state index contributed by atoms with van der Waals surface area (Å²) in [5, 5.41) is 8.90. The smallest absolute Gasteiger partial charge is 0.290 e. The van der Waals surface area contributed by atoms with E-state index in [4.69, 9.17) is 5.73 Å². The van der Waals surface area contributed by atoms with Crippen molar-refractivity contribution < 1.29 is 9.18 Å². The molecular weight excluding hydrogens is 367 g/mol. The van der Waals surface area contributed by atoms with E-state index in [-0.39, 0.29) is 24.0 Å². The fourth-order valence-corrected chi connectivity index (χ4v) is 3.30. The van der Waals surface area contributed by atoms with Crippen molar-refractivity contribution in [3.63, 3.8) is 0 Å². The molecule has 3 N–H and O–H groups in total. The second kappa shape index (κ2) is 8.13. The first-order valence-electron chi connectivity index (χ1n) is 8.41. The molecular formula is C19H19FN4O2S. The van der Waals surface area contributed by atoms with Gasteiger partial charge in [0.1, 0.15) is 23.2 Å². The van der Waals surface area contributed by atoms with Crippen LogP contribution in [-0.2, 0) is 11.2 Å². The lowest BCUT2D eigenvalue weighted by Crippen LogP contribution is -2.38. The van der Waals surface area contributed by atoms with Crippen LogP contribution in [0.2, 0.25) is 0 Å². The van der Waals surface area contributed by atoms with E-state index in [1.807, 2.05) is 17.5 Å². The number of halogens is 1. The standard InChI is InChI=1S/C19H19FN4O2S/c1-12(18(25)22-9-8-13-5-2-3-6-14(13)20)24-19(26)15(21)11-16(23-24)17-7-4-10-27-17/h2-7,10-12H,8-9,21H2,1H3,(H,22,25)/t12-/m1/s1. The van der Waals surface area contributed by atoms with E-state index < -0.39 is 11.6 Å². The van der Waals surface area contributed by atoms with Crippen LogP contribution < -0.4 is 16.6 Å². The minimum absolute atomic E-state index is 0.0272. The summed E-state index contributed by atoms with van der Waals surface area (Å²) in [5.74, 6) is -0.697. The molecule has 0 fully saturated rings. The molecule has 2 aromatic heterocycles. The molecule has 140 valence electrons. The molecule has 2 heterocycles. The van der Waals surface area contributed by atoms with Crippen molar-refractivity contribution in [2.24, 2.45) is 0 Å². The molecule has 0 bridgehead atoms. The zero-order valence-electron chi connectivity index (χ0n) is 14.7. The van der Waals surface area contributed by atoms with E-state index in [2.05, 4.69) is 10.4 Å². The van der Waals surface area contributed by atoms with Crippen LogP contribution in [0.15, 0.2) is 52.6 Å². The van der Waals surface area contributed by atoms with Crippen LogP contribution in [0.3, 0.4) is 0 Å². The normalized spacial score (nSPS) is 11.9. The molecule has 27 heavy (non-hydrogen) atoms. The summed E-state index contributed by atoms with van der Waals surface area (Å²) in [6, 6.07) is 10.8. The third kappa shape index (κ3) is 4.22. The molecule has 0 radical (unpaired) electrons. The van der Waals surface area contributed by atoms with E-state index in [0.29, 0.717) is 17.7 Å². The number of aromatic nitrogens is 2. The number of nitrogens with one attached hydrogen (secondary N) is 1. The Hall–Kier alpha value is -3.00. The molecule has 0 spiro atoms. The van der Waals surface area contributed by atoms with Gasteiger partial charge in [0.25, 0.3) is 5.56 Å². The van der Waals surface area contributed by atoms with Crippen LogP contribution in [0, 0.1) is 5.82 Å². The lowest BCUT2D eigenvalue weighted by atomic mass is 10.1. The predicted molar refractivity (Wildman–Crippen MR) is 104 cm³/mol. The van der Waals surface area contributed by atoms with Gasteiger partial charge in [-0.3, -0.25) is 9.59 Å². The van der Waals surface area contributed by atoms with Crippen LogP contribution in [0.1, 0.15) is 18.5 Å². The number of anilines is 1. The molecule has 0 aliphatic rings. The number of nitrogens with zero attached hydrogens (tertiary/aromatic N) is 2. The molecule has 1 amide bonds. The highest BCUT2D eigenvalue weighted by Gasteiger charge is 2.19. The first kappa shape index (κ1) is 18.8. The number of carbonyl (C=O) groups is 1. The summed E-state index contributed by atoms with van der Waals surface area (Å²) >= 11 is 1.46. The Balaban J connectivity index is 1.73. The number of benzene rings is 1. The van der Waals surface area contributed by atoms with Crippen LogP contribution in [-0.4, -0.2) is 22.2 Å². The third-order valence-electron chi connectivity index (χ3n) is 4.13. The van der Waals surface area contributed by atoms with Crippen LogP contribution >= 0.6 is 11.3 Å². The predicted octanol–water partition coefficient (Wildman–Crippen LogP) is 2.61. The highest BCUT2D eigenvalue weighted by Crippen LogP contribution is 2.23. The van der Waals surface area contributed by atoms with Gasteiger partial charge in [-0.05, 0) is 42.5 Å². The van der Waals surface area contributed by atoms with Crippen molar-refractivity contribution in [2.75, 3.05) is 12.3 Å². The van der Waals surface area contributed by atoms with E-state index in [9.17, 15) is 14.0 Å². The average Bonchev–Trinajstić information content (AvgIpc) is 3.19. The van der Waals surface area contributed by atoms with E-state index in [1.54, 1.807) is 25.1 Å². The molecule has 0 aliphatic carbocycles. The number of hydrogen-bond donors (Lipinski definition) is 2. The van der Waals surface area contributed by atoms with Crippen molar-refractivity contribution in [1.82, 2.24) is 15.1 Å². The van der Waals surface area contributed by atoms with Gasteiger partial charge in [-0.2, -0.15) is 5.10 Å². The van der Waals surface area contributed by atoms with Crippen LogP contribution in [0.4, 0.5) is 10.1 Å². The SMILES string of the molecule is C[C@H](C(=O)NCCc1ccccc1F)n1nc(-c2cccs2)cc(N)c1=O. The molecule has 3 aromatic rings. The van der Waals surface area contributed by atoms with Gasteiger partial charge >= 0.3 is 0 Å². The number of hydrogen-bond acceptors (Lipinski definition) is 5. The van der Waals surface area contributed by atoms with E-state index >= 15 is 0 Å². The fourth-order valence-electron chi connectivity index (χ4n) is 2.62. The molecule has 3 rings (SSSR count). The van der Waals surface area contributed by atoms with Crippen molar-refractivity contribution in [2.45, 2.75) is 19.4 Å².